The number of carbonyl (C=O) groups is 1. The largest absolute Gasteiger partial charge is 0.392 e. The molecule has 11 heavy (non-hydrogen) atoms. The fourth-order valence-electron chi connectivity index (χ4n) is 2.15. The fourth-order valence-corrected chi connectivity index (χ4v) is 2.15. The molecule has 2 aliphatic rings. The molecule has 0 bridgehead atoms. The Kier molecular flexibility index (Phi) is 1.57. The van der Waals surface area contributed by atoms with Crippen LogP contribution in [0.4, 0.5) is 0 Å². The first-order valence-corrected chi connectivity index (χ1v) is 4.19. The van der Waals surface area contributed by atoms with Gasteiger partial charge in [0.05, 0.1) is 12.0 Å². The highest BCUT2D eigenvalue weighted by Crippen LogP contribution is 2.35. The summed E-state index contributed by atoms with van der Waals surface area (Å²) in [6.07, 6.45) is 6.13. The number of aliphatic hydroxyl groups is 1. The third-order valence-corrected chi connectivity index (χ3v) is 2.75. The molecule has 0 radical (unpaired) electrons. The highest BCUT2D eigenvalue weighted by molar-refractivity contribution is 5.95. The summed E-state index contributed by atoms with van der Waals surface area (Å²) in [6.45, 7) is 0. The first kappa shape index (κ1) is 7.04. The molecule has 0 spiro atoms. The van der Waals surface area contributed by atoms with Crippen molar-refractivity contribution in [3.8, 4) is 0 Å². The van der Waals surface area contributed by atoms with Crippen molar-refractivity contribution in [1.29, 1.82) is 0 Å². The molecule has 0 amide bonds. The molecule has 60 valence electrons. The van der Waals surface area contributed by atoms with Crippen molar-refractivity contribution in [2.75, 3.05) is 0 Å². The molecular formula is C9H12O2. The summed E-state index contributed by atoms with van der Waals surface area (Å²) in [6, 6.07) is 0. The molecule has 0 heterocycles. The van der Waals surface area contributed by atoms with Gasteiger partial charge >= 0.3 is 0 Å². The van der Waals surface area contributed by atoms with Crippen LogP contribution in [0.25, 0.3) is 0 Å². The molecule has 0 aliphatic heterocycles. The Bertz CT molecular complexity index is 208. The highest BCUT2D eigenvalue weighted by atomic mass is 16.3. The summed E-state index contributed by atoms with van der Waals surface area (Å²) in [5, 5.41) is 9.49. The predicted molar refractivity (Wildman–Crippen MR) is 41.0 cm³/mol. The van der Waals surface area contributed by atoms with Gasteiger partial charge in [0.1, 0.15) is 0 Å². The Morgan fingerprint density at radius 3 is 3.00 bits per heavy atom. The van der Waals surface area contributed by atoms with Crippen LogP contribution in [0, 0.1) is 11.8 Å². The number of aliphatic hydroxyl groups excluding tert-OH is 1. The maximum atomic E-state index is 11.2. The summed E-state index contributed by atoms with van der Waals surface area (Å²) in [5.41, 5.74) is 0. The van der Waals surface area contributed by atoms with E-state index in [0.717, 1.165) is 19.3 Å². The van der Waals surface area contributed by atoms with E-state index in [1.54, 1.807) is 6.08 Å². The van der Waals surface area contributed by atoms with Crippen molar-refractivity contribution in [3.63, 3.8) is 0 Å². The normalized spacial score (nSPS) is 42.6. The molecule has 1 fully saturated rings. The fraction of sp³-hybridized carbons (Fsp3) is 0.667. The molecule has 3 atom stereocenters. The predicted octanol–water partition coefficient (Wildman–Crippen LogP) is 0.902. The van der Waals surface area contributed by atoms with Crippen LogP contribution in [-0.4, -0.2) is 17.0 Å². The van der Waals surface area contributed by atoms with E-state index in [4.69, 9.17) is 0 Å². The number of ketones is 1. The minimum Gasteiger partial charge on any atom is -0.392 e. The van der Waals surface area contributed by atoms with Gasteiger partial charge in [-0.2, -0.15) is 0 Å². The molecule has 2 heteroatoms. The Hall–Kier alpha value is -0.630. The lowest BCUT2D eigenvalue weighted by Crippen LogP contribution is -2.33. The van der Waals surface area contributed by atoms with Crippen LogP contribution in [0.15, 0.2) is 12.2 Å². The van der Waals surface area contributed by atoms with Crippen molar-refractivity contribution in [1.82, 2.24) is 0 Å². The Labute approximate surface area is 65.9 Å². The number of carbonyl (C=O) groups excluding carboxylic acids is 1. The summed E-state index contributed by atoms with van der Waals surface area (Å²) in [5.74, 6) is 0.372. The van der Waals surface area contributed by atoms with Gasteiger partial charge in [-0.25, -0.2) is 0 Å². The van der Waals surface area contributed by atoms with Gasteiger partial charge in [-0.1, -0.05) is 12.5 Å². The van der Waals surface area contributed by atoms with Crippen molar-refractivity contribution in [2.24, 2.45) is 11.8 Å². The maximum Gasteiger partial charge on any atom is 0.161 e. The van der Waals surface area contributed by atoms with Gasteiger partial charge in [0.15, 0.2) is 5.78 Å². The molecule has 0 aromatic carbocycles. The summed E-state index contributed by atoms with van der Waals surface area (Å²) >= 11 is 0. The minimum atomic E-state index is -0.378. The van der Waals surface area contributed by atoms with Crippen LogP contribution in [0.2, 0.25) is 0 Å². The van der Waals surface area contributed by atoms with Gasteiger partial charge < -0.3 is 5.11 Å². The van der Waals surface area contributed by atoms with Gasteiger partial charge in [0.25, 0.3) is 0 Å². The van der Waals surface area contributed by atoms with Crippen molar-refractivity contribution in [2.45, 2.75) is 25.4 Å². The zero-order chi connectivity index (χ0) is 7.84. The zero-order valence-electron chi connectivity index (χ0n) is 6.36. The van der Waals surface area contributed by atoms with E-state index < -0.39 is 0 Å². The average Bonchev–Trinajstić information content (AvgIpc) is 2.34. The van der Waals surface area contributed by atoms with Crippen LogP contribution < -0.4 is 0 Å². The van der Waals surface area contributed by atoms with Crippen LogP contribution in [0.1, 0.15) is 19.3 Å². The SMILES string of the molecule is O=C1C=C[C@H]2CCC[C@@H](O)[C@@H]12. The van der Waals surface area contributed by atoms with Crippen LogP contribution in [-0.2, 0) is 4.79 Å². The second kappa shape index (κ2) is 2.45. The molecule has 0 aromatic heterocycles. The second-order valence-electron chi connectivity index (χ2n) is 3.45. The topological polar surface area (TPSA) is 37.3 Å². The molecule has 2 aliphatic carbocycles. The number of allylic oxidation sites excluding steroid dienone is 2. The molecule has 0 saturated heterocycles. The van der Waals surface area contributed by atoms with Crippen LogP contribution in [0.3, 0.4) is 0 Å². The lowest BCUT2D eigenvalue weighted by Gasteiger charge is -2.28. The highest BCUT2D eigenvalue weighted by Gasteiger charge is 2.38. The molecule has 2 rings (SSSR count). The summed E-state index contributed by atoms with van der Waals surface area (Å²) in [7, 11) is 0. The van der Waals surface area contributed by atoms with E-state index in [1.807, 2.05) is 6.08 Å². The van der Waals surface area contributed by atoms with Gasteiger partial charge in [0.2, 0.25) is 0 Å². The Balaban J connectivity index is 2.19. The van der Waals surface area contributed by atoms with E-state index in [1.165, 1.54) is 0 Å². The molecule has 1 saturated carbocycles. The molecule has 2 nitrogen and oxygen atoms in total. The van der Waals surface area contributed by atoms with E-state index in [2.05, 4.69) is 0 Å². The molecule has 0 unspecified atom stereocenters. The van der Waals surface area contributed by atoms with E-state index in [9.17, 15) is 9.90 Å². The average molecular weight is 152 g/mol. The molecular weight excluding hydrogens is 140 g/mol. The first-order chi connectivity index (χ1) is 5.29. The number of rotatable bonds is 0. The van der Waals surface area contributed by atoms with E-state index in [0.29, 0.717) is 5.92 Å². The van der Waals surface area contributed by atoms with Gasteiger partial charge in [-0.15, -0.1) is 0 Å². The second-order valence-corrected chi connectivity index (χ2v) is 3.45. The van der Waals surface area contributed by atoms with Gasteiger partial charge in [0, 0.05) is 0 Å². The standard InChI is InChI=1S/C9H12O2/c10-7-3-1-2-6-4-5-8(11)9(6)7/h4-7,9-10H,1-3H2/t6-,7-,9+/m1/s1. The molecule has 0 aromatic rings. The lowest BCUT2D eigenvalue weighted by atomic mass is 9.79. The van der Waals surface area contributed by atoms with E-state index in [-0.39, 0.29) is 17.8 Å². The molecule has 1 N–H and O–H groups in total. The van der Waals surface area contributed by atoms with Crippen LogP contribution in [0.5, 0.6) is 0 Å². The van der Waals surface area contributed by atoms with Gasteiger partial charge in [-0.05, 0) is 24.8 Å². The quantitative estimate of drug-likeness (QED) is 0.560. The van der Waals surface area contributed by atoms with Crippen molar-refractivity contribution in [3.05, 3.63) is 12.2 Å². The van der Waals surface area contributed by atoms with E-state index >= 15 is 0 Å². The van der Waals surface area contributed by atoms with Gasteiger partial charge in [-0.3, -0.25) is 4.79 Å². The lowest BCUT2D eigenvalue weighted by molar-refractivity contribution is -0.123. The maximum absolute atomic E-state index is 11.2. The van der Waals surface area contributed by atoms with Crippen molar-refractivity contribution >= 4 is 5.78 Å². The first-order valence-electron chi connectivity index (χ1n) is 4.19. The van der Waals surface area contributed by atoms with Crippen LogP contribution >= 0.6 is 0 Å². The number of hydrogen-bond acceptors (Lipinski definition) is 2. The van der Waals surface area contributed by atoms with Crippen molar-refractivity contribution < 1.29 is 9.90 Å². The minimum absolute atomic E-state index is 0.0938. The third kappa shape index (κ3) is 1.02. The number of hydrogen-bond donors (Lipinski definition) is 1. The smallest absolute Gasteiger partial charge is 0.161 e. The third-order valence-electron chi connectivity index (χ3n) is 2.75. The zero-order valence-corrected chi connectivity index (χ0v) is 6.36. The summed E-state index contributed by atoms with van der Waals surface area (Å²) < 4.78 is 0. The Morgan fingerprint density at radius 2 is 2.27 bits per heavy atom. The number of fused-ring (bicyclic) bond motifs is 1. The monoisotopic (exact) mass is 152 g/mol. The Morgan fingerprint density at radius 1 is 1.45 bits per heavy atom. The summed E-state index contributed by atoms with van der Waals surface area (Å²) in [4.78, 5) is 11.2.